The second-order valence-corrected chi connectivity index (χ2v) is 6.72. The molecule has 150 valence electrons. The Morgan fingerprint density at radius 1 is 1.10 bits per heavy atom. The third-order valence-corrected chi connectivity index (χ3v) is 4.60. The number of nitrogens with zero attached hydrogens (tertiary/aromatic N) is 3. The van der Waals surface area contributed by atoms with Crippen LogP contribution in [0.3, 0.4) is 0 Å². The van der Waals surface area contributed by atoms with Gasteiger partial charge in [0.15, 0.2) is 0 Å². The van der Waals surface area contributed by atoms with Crippen LogP contribution in [0.2, 0.25) is 0 Å². The maximum atomic E-state index is 13.4. The molecule has 4 rings (SSSR count). The first-order chi connectivity index (χ1) is 14.0. The molecule has 0 spiro atoms. The van der Waals surface area contributed by atoms with Gasteiger partial charge >= 0.3 is 6.01 Å². The predicted octanol–water partition coefficient (Wildman–Crippen LogP) is 4.30. The number of hydrogen-bond donors (Lipinski definition) is 0. The number of carbonyl (C=O) groups is 1. The second-order valence-electron chi connectivity index (χ2n) is 6.72. The average molecular weight is 403 g/mol. The lowest BCUT2D eigenvalue weighted by Crippen LogP contribution is -2.39. The zero-order valence-corrected chi connectivity index (χ0v) is 15.1. The maximum Gasteiger partial charge on any atom is 0.359 e. The second kappa shape index (κ2) is 7.94. The van der Waals surface area contributed by atoms with E-state index in [2.05, 4.69) is 10.1 Å². The number of amides is 1. The summed E-state index contributed by atoms with van der Waals surface area (Å²) in [7, 11) is 0. The van der Waals surface area contributed by atoms with Crippen LogP contribution >= 0.6 is 0 Å². The fourth-order valence-corrected chi connectivity index (χ4v) is 3.29. The van der Waals surface area contributed by atoms with E-state index in [1.54, 1.807) is 6.07 Å². The van der Waals surface area contributed by atoms with Crippen LogP contribution in [0.1, 0.15) is 35.0 Å². The first-order valence-electron chi connectivity index (χ1n) is 9.00. The SMILES string of the molecule is O=C(c1cc(F)cc(F)c1)N1CCC[C@H](c2nc(Oc3cccc(F)c3)no2)C1. The van der Waals surface area contributed by atoms with Crippen LogP contribution in [0.5, 0.6) is 11.8 Å². The third-order valence-electron chi connectivity index (χ3n) is 4.60. The van der Waals surface area contributed by atoms with Gasteiger partial charge in [0.05, 0.1) is 5.92 Å². The van der Waals surface area contributed by atoms with Gasteiger partial charge in [0.1, 0.15) is 23.2 Å². The van der Waals surface area contributed by atoms with E-state index in [0.717, 1.165) is 12.1 Å². The molecule has 0 unspecified atom stereocenters. The molecule has 0 radical (unpaired) electrons. The quantitative estimate of drug-likeness (QED) is 0.650. The van der Waals surface area contributed by atoms with Gasteiger partial charge in [0, 0.05) is 30.8 Å². The number of halogens is 3. The highest BCUT2D eigenvalue weighted by atomic mass is 19.1. The van der Waals surface area contributed by atoms with Gasteiger partial charge in [0.2, 0.25) is 5.89 Å². The fraction of sp³-hybridized carbons (Fsp3) is 0.250. The molecule has 2 aromatic carbocycles. The highest BCUT2D eigenvalue weighted by Crippen LogP contribution is 2.29. The molecule has 1 aliphatic heterocycles. The topological polar surface area (TPSA) is 68.5 Å². The van der Waals surface area contributed by atoms with E-state index in [1.165, 1.54) is 23.1 Å². The van der Waals surface area contributed by atoms with Crippen LogP contribution in [0.15, 0.2) is 47.0 Å². The molecule has 0 saturated carbocycles. The number of carbonyl (C=O) groups excluding carboxylic acids is 1. The van der Waals surface area contributed by atoms with Crippen molar-refractivity contribution in [1.82, 2.24) is 15.0 Å². The smallest absolute Gasteiger partial charge is 0.359 e. The van der Waals surface area contributed by atoms with E-state index < -0.39 is 23.4 Å². The zero-order valence-electron chi connectivity index (χ0n) is 15.1. The molecule has 1 fully saturated rings. The number of ether oxygens (including phenoxy) is 1. The number of likely N-dealkylation sites (tertiary alicyclic amines) is 1. The Balaban J connectivity index is 1.46. The van der Waals surface area contributed by atoms with Gasteiger partial charge in [-0.15, -0.1) is 0 Å². The molecular weight excluding hydrogens is 387 g/mol. The Bertz CT molecular complexity index is 1020. The largest absolute Gasteiger partial charge is 0.422 e. The van der Waals surface area contributed by atoms with Crippen LogP contribution in [0, 0.1) is 17.5 Å². The Morgan fingerprint density at radius 3 is 2.66 bits per heavy atom. The van der Waals surface area contributed by atoms with E-state index >= 15 is 0 Å². The number of piperidine rings is 1. The van der Waals surface area contributed by atoms with Crippen molar-refractivity contribution in [1.29, 1.82) is 0 Å². The van der Waals surface area contributed by atoms with E-state index in [4.69, 9.17) is 9.26 Å². The minimum Gasteiger partial charge on any atom is -0.422 e. The van der Waals surface area contributed by atoms with Crippen molar-refractivity contribution in [3.63, 3.8) is 0 Å². The molecule has 0 aliphatic carbocycles. The van der Waals surface area contributed by atoms with Crippen molar-refractivity contribution in [3.8, 4) is 11.8 Å². The minimum atomic E-state index is -0.807. The molecular formula is C20H16F3N3O3. The number of benzene rings is 2. The normalized spacial score (nSPS) is 16.7. The standard InChI is InChI=1S/C20H16F3N3O3/c21-14-4-1-5-17(10-14)28-20-24-18(29-25-20)12-3-2-6-26(11-12)19(27)13-7-15(22)9-16(23)8-13/h1,4-5,7-10,12H,2-3,6,11H2/t12-/m0/s1. The van der Waals surface area contributed by atoms with E-state index in [-0.39, 0.29) is 35.7 Å². The summed E-state index contributed by atoms with van der Waals surface area (Å²) in [6, 6.07) is 8.18. The van der Waals surface area contributed by atoms with E-state index in [1.807, 2.05) is 0 Å². The van der Waals surface area contributed by atoms with Gasteiger partial charge in [-0.3, -0.25) is 4.79 Å². The van der Waals surface area contributed by atoms with Gasteiger partial charge in [0.25, 0.3) is 5.91 Å². The van der Waals surface area contributed by atoms with Gasteiger partial charge in [-0.1, -0.05) is 6.07 Å². The Labute approximate surface area is 163 Å². The van der Waals surface area contributed by atoms with Crippen LogP contribution in [-0.4, -0.2) is 34.0 Å². The predicted molar refractivity (Wildman–Crippen MR) is 95.0 cm³/mol. The zero-order chi connectivity index (χ0) is 20.4. The highest BCUT2D eigenvalue weighted by Gasteiger charge is 2.29. The van der Waals surface area contributed by atoms with Crippen LogP contribution in [-0.2, 0) is 0 Å². The Kier molecular flexibility index (Phi) is 5.20. The van der Waals surface area contributed by atoms with Crippen molar-refractivity contribution in [3.05, 3.63) is 71.4 Å². The lowest BCUT2D eigenvalue weighted by atomic mass is 9.97. The fourth-order valence-electron chi connectivity index (χ4n) is 3.29. The summed E-state index contributed by atoms with van der Waals surface area (Å²) in [4.78, 5) is 18.3. The van der Waals surface area contributed by atoms with Crippen LogP contribution in [0.4, 0.5) is 13.2 Å². The van der Waals surface area contributed by atoms with Gasteiger partial charge in [-0.25, -0.2) is 13.2 Å². The Hall–Kier alpha value is -3.36. The molecule has 3 aromatic rings. The minimum absolute atomic E-state index is 0.0520. The molecule has 1 aromatic heterocycles. The molecule has 2 heterocycles. The maximum absolute atomic E-state index is 13.4. The summed E-state index contributed by atoms with van der Waals surface area (Å²) in [5, 5.41) is 3.73. The summed E-state index contributed by atoms with van der Waals surface area (Å²) >= 11 is 0. The summed E-state index contributed by atoms with van der Waals surface area (Å²) in [6.45, 7) is 0.715. The number of aromatic nitrogens is 2. The van der Waals surface area contributed by atoms with Crippen molar-refractivity contribution in [2.45, 2.75) is 18.8 Å². The molecule has 6 nitrogen and oxygen atoms in total. The lowest BCUT2D eigenvalue weighted by molar-refractivity contribution is 0.0694. The van der Waals surface area contributed by atoms with Crippen molar-refractivity contribution < 1.29 is 27.2 Å². The third kappa shape index (κ3) is 4.39. The Morgan fingerprint density at radius 2 is 1.90 bits per heavy atom. The first-order valence-corrected chi connectivity index (χ1v) is 9.00. The summed E-state index contributed by atoms with van der Waals surface area (Å²) in [5.41, 5.74) is -0.0520. The van der Waals surface area contributed by atoms with Crippen LogP contribution < -0.4 is 4.74 Å². The summed E-state index contributed by atoms with van der Waals surface area (Å²) in [6.07, 6.45) is 1.36. The summed E-state index contributed by atoms with van der Waals surface area (Å²) < 4.78 is 50.7. The lowest BCUT2D eigenvalue weighted by Gasteiger charge is -2.31. The van der Waals surface area contributed by atoms with Crippen LogP contribution in [0.25, 0.3) is 0 Å². The highest BCUT2D eigenvalue weighted by molar-refractivity contribution is 5.94. The van der Waals surface area contributed by atoms with Gasteiger partial charge < -0.3 is 14.2 Å². The molecule has 1 saturated heterocycles. The molecule has 1 atom stereocenters. The van der Waals surface area contributed by atoms with E-state index in [9.17, 15) is 18.0 Å². The van der Waals surface area contributed by atoms with Gasteiger partial charge in [-0.05, 0) is 42.3 Å². The number of rotatable bonds is 4. The molecule has 9 heteroatoms. The summed E-state index contributed by atoms with van der Waals surface area (Å²) in [5.74, 6) is -2.28. The number of hydrogen-bond acceptors (Lipinski definition) is 5. The first kappa shape index (κ1) is 19.0. The van der Waals surface area contributed by atoms with Crippen molar-refractivity contribution in [2.24, 2.45) is 0 Å². The molecule has 1 amide bonds. The average Bonchev–Trinajstić information content (AvgIpc) is 3.15. The van der Waals surface area contributed by atoms with Crippen molar-refractivity contribution >= 4 is 5.91 Å². The molecule has 0 bridgehead atoms. The molecule has 29 heavy (non-hydrogen) atoms. The molecule has 1 aliphatic rings. The van der Waals surface area contributed by atoms with Crippen molar-refractivity contribution in [2.75, 3.05) is 13.1 Å². The monoisotopic (exact) mass is 403 g/mol. The van der Waals surface area contributed by atoms with Gasteiger partial charge in [-0.2, -0.15) is 4.98 Å². The molecule has 0 N–H and O–H groups in total. The van der Waals surface area contributed by atoms with E-state index in [0.29, 0.717) is 25.5 Å².